The molecule has 344 valence electrons. The van der Waals surface area contributed by atoms with Gasteiger partial charge in [-0.1, -0.05) is 49.7 Å². The zero-order valence-corrected chi connectivity index (χ0v) is 39.6. The summed E-state index contributed by atoms with van der Waals surface area (Å²) in [6, 6.07) is 29.1. The molecule has 4 aromatic carbocycles. The van der Waals surface area contributed by atoms with Gasteiger partial charge in [-0.25, -0.2) is 4.98 Å². The number of amidine groups is 1. The lowest BCUT2D eigenvalue weighted by molar-refractivity contribution is 0.102. The average Bonchev–Trinajstić information content (AvgIpc) is 3.32. The Bertz CT molecular complexity index is 2420. The maximum atomic E-state index is 12.9. The molecule has 0 bridgehead atoms. The first-order chi connectivity index (χ1) is 31.1. The Morgan fingerprint density at radius 2 is 1.38 bits per heavy atom. The summed E-state index contributed by atoms with van der Waals surface area (Å²) in [7, 11) is 13.7. The van der Waals surface area contributed by atoms with Crippen molar-refractivity contribution in [2.75, 3.05) is 80.4 Å². The van der Waals surface area contributed by atoms with Crippen molar-refractivity contribution in [1.82, 2.24) is 14.8 Å². The van der Waals surface area contributed by atoms with Gasteiger partial charge in [0.25, 0.3) is 11.8 Å². The normalized spacial score (nSPS) is 11.6. The molecule has 0 saturated heterocycles. The van der Waals surface area contributed by atoms with Crippen LogP contribution in [0.2, 0.25) is 5.02 Å². The van der Waals surface area contributed by atoms with E-state index in [1.807, 2.05) is 30.3 Å². The number of carbonyl (C=O) groups is 2. The van der Waals surface area contributed by atoms with Crippen molar-refractivity contribution in [3.05, 3.63) is 130 Å². The minimum Gasteiger partial charge on any atom is -0.497 e. The number of aromatic nitrogens is 1. The van der Waals surface area contributed by atoms with Crippen LogP contribution in [0.15, 0.2) is 97.2 Å². The van der Waals surface area contributed by atoms with Crippen molar-refractivity contribution in [2.45, 2.75) is 38.5 Å². The third-order valence-corrected chi connectivity index (χ3v) is 11.2. The topological polar surface area (TPSA) is 171 Å². The van der Waals surface area contributed by atoms with Crippen LogP contribution in [0.25, 0.3) is 0 Å². The maximum absolute atomic E-state index is 12.9. The number of methoxy groups -OCH3 is 5. The van der Waals surface area contributed by atoms with Gasteiger partial charge < -0.3 is 44.1 Å². The van der Waals surface area contributed by atoms with Crippen LogP contribution in [0, 0.1) is 22.7 Å². The molecule has 14 nitrogen and oxygen atoms in total. The number of nitrogens with zero attached hydrogens (tertiary/aromatic N) is 4. The Morgan fingerprint density at radius 1 is 0.754 bits per heavy atom. The maximum Gasteiger partial charge on any atom is 0.259 e. The van der Waals surface area contributed by atoms with Crippen LogP contribution < -0.4 is 34.3 Å². The molecular weight excluding hydrogens is 846 g/mol. The Labute approximate surface area is 387 Å². The quantitative estimate of drug-likeness (QED) is 0.0533. The third kappa shape index (κ3) is 13.6. The molecule has 2 amide bonds. The van der Waals surface area contributed by atoms with Gasteiger partial charge in [0.1, 0.15) is 17.4 Å². The van der Waals surface area contributed by atoms with Gasteiger partial charge in [-0.3, -0.25) is 15.0 Å². The second kappa shape index (κ2) is 24.3. The lowest BCUT2D eigenvalue weighted by atomic mass is 9.69. The largest absolute Gasteiger partial charge is 0.497 e. The minimum absolute atomic E-state index is 0.165. The minimum atomic E-state index is -0.580. The number of anilines is 2. The fourth-order valence-electron chi connectivity index (χ4n) is 7.04. The summed E-state index contributed by atoms with van der Waals surface area (Å²) >= 11 is 5.83. The van der Waals surface area contributed by atoms with Crippen molar-refractivity contribution in [1.29, 1.82) is 10.7 Å². The van der Waals surface area contributed by atoms with E-state index in [2.05, 4.69) is 53.5 Å². The molecule has 0 saturated carbocycles. The number of nitrogens with one attached hydrogen (secondary N) is 3. The Balaban J connectivity index is 0.000000285. The molecule has 1 atom stereocenters. The van der Waals surface area contributed by atoms with Crippen molar-refractivity contribution in [3.63, 3.8) is 0 Å². The number of rotatable bonds is 19. The van der Waals surface area contributed by atoms with E-state index in [9.17, 15) is 14.9 Å². The van der Waals surface area contributed by atoms with Crippen LogP contribution in [0.3, 0.4) is 0 Å². The smallest absolute Gasteiger partial charge is 0.259 e. The summed E-state index contributed by atoms with van der Waals surface area (Å²) in [5.41, 5.74) is 3.20. The van der Waals surface area contributed by atoms with Crippen LogP contribution in [0.5, 0.6) is 28.7 Å². The van der Waals surface area contributed by atoms with Gasteiger partial charge in [-0.05, 0) is 117 Å². The first-order valence-electron chi connectivity index (χ1n) is 20.9. The molecule has 3 N–H and O–H groups in total. The molecule has 1 unspecified atom stereocenters. The van der Waals surface area contributed by atoms with Crippen LogP contribution in [0.1, 0.15) is 64.1 Å². The van der Waals surface area contributed by atoms with Crippen molar-refractivity contribution >= 4 is 40.8 Å². The predicted octanol–water partition coefficient (Wildman–Crippen LogP) is 9.23. The highest BCUT2D eigenvalue weighted by atomic mass is 35.5. The van der Waals surface area contributed by atoms with E-state index in [1.165, 1.54) is 24.9 Å². The first kappa shape index (κ1) is 50.8. The number of pyridine rings is 1. The molecule has 0 spiro atoms. The molecular formula is C50H60ClN7O7. The number of carbonyl (C=O) groups excluding carboxylic acids is 2. The molecule has 0 radical (unpaired) electrons. The molecule has 1 aromatic heterocycles. The van der Waals surface area contributed by atoms with Gasteiger partial charge in [-0.15, -0.1) is 0 Å². The number of hydrogen-bond acceptors (Lipinski definition) is 11. The van der Waals surface area contributed by atoms with E-state index in [-0.39, 0.29) is 11.5 Å². The van der Waals surface area contributed by atoms with Crippen LogP contribution >= 0.6 is 11.6 Å². The highest BCUT2D eigenvalue weighted by molar-refractivity contribution is 6.30. The first-order valence-corrected chi connectivity index (χ1v) is 21.3. The van der Waals surface area contributed by atoms with Gasteiger partial charge in [0.05, 0.1) is 63.3 Å². The summed E-state index contributed by atoms with van der Waals surface area (Å²) < 4.78 is 26.8. The zero-order chi connectivity index (χ0) is 47.7. The monoisotopic (exact) mass is 905 g/mol. The number of benzene rings is 4. The average molecular weight is 907 g/mol. The zero-order valence-electron chi connectivity index (χ0n) is 38.9. The Hall–Kier alpha value is -6.82. The fraction of sp³-hybridized carbons (Fsp3) is 0.340. The third-order valence-electron chi connectivity index (χ3n) is 11.0. The molecule has 0 fully saturated rings. The number of nitriles is 1. The predicted molar refractivity (Wildman–Crippen MR) is 257 cm³/mol. The molecule has 5 aromatic rings. The van der Waals surface area contributed by atoms with E-state index in [4.69, 9.17) is 40.7 Å². The van der Waals surface area contributed by atoms with Crippen LogP contribution in [-0.2, 0) is 11.8 Å². The second-order valence-electron chi connectivity index (χ2n) is 15.7. The summed E-state index contributed by atoms with van der Waals surface area (Å²) in [6.07, 6.45) is 4.03. The lowest BCUT2D eigenvalue weighted by Crippen LogP contribution is -2.32. The number of ether oxygens (including phenoxy) is 5. The van der Waals surface area contributed by atoms with Crippen molar-refractivity contribution in [3.8, 4) is 34.8 Å². The number of halogens is 1. The van der Waals surface area contributed by atoms with E-state index >= 15 is 0 Å². The molecule has 1 heterocycles. The number of likely N-dealkylation sites (N-methyl/N-ethyl adjacent to an activating group) is 1. The number of hydrogen-bond donors (Lipinski definition) is 3. The van der Waals surface area contributed by atoms with E-state index in [1.54, 1.807) is 96.0 Å². The highest BCUT2D eigenvalue weighted by Crippen LogP contribution is 2.40. The summed E-state index contributed by atoms with van der Waals surface area (Å²) in [5, 5.41) is 24.1. The molecule has 0 aliphatic rings. The van der Waals surface area contributed by atoms with Gasteiger partial charge >= 0.3 is 0 Å². The second-order valence-corrected chi connectivity index (χ2v) is 16.1. The SMILES string of the molecule is COc1ccc(CCN(C)CCCC(C#N)(c2ccc(OC)c(OC)c2)C(C)C)cc1OC.COc1ccc(NC(=O)c2ccc(C(=N)N(C)C)cc2)c(C(=O)Nc2ccc(Cl)cn2)c1. The highest BCUT2D eigenvalue weighted by Gasteiger charge is 2.36. The van der Waals surface area contributed by atoms with E-state index in [0.717, 1.165) is 49.4 Å². The molecule has 15 heteroatoms. The van der Waals surface area contributed by atoms with E-state index < -0.39 is 17.2 Å². The van der Waals surface area contributed by atoms with E-state index in [0.29, 0.717) is 50.7 Å². The Morgan fingerprint density at radius 3 is 1.95 bits per heavy atom. The van der Waals surface area contributed by atoms with Gasteiger partial charge in [-0.2, -0.15) is 5.26 Å². The lowest BCUT2D eigenvalue weighted by Gasteiger charge is -2.32. The summed E-state index contributed by atoms with van der Waals surface area (Å²) in [5.74, 6) is 3.24. The molecule has 65 heavy (non-hydrogen) atoms. The standard InChI is InChI=1S/C27H38N2O4.C23H22ClN5O3/c1-20(2)27(19-28,22-10-12-24(31-5)26(18-22)33-7)14-8-15-29(3)16-13-21-9-11-23(30-4)25(17-21)32-6;1-29(2)21(25)14-4-6-15(7-5-14)22(30)27-19-10-9-17(32-3)12-18(19)23(31)28-20-11-8-16(24)13-26-20/h9-12,17-18,20H,8,13-16H2,1-7H3;4-13,25H,1-3H3,(H,27,30)(H,26,28,31). The van der Waals surface area contributed by atoms with Gasteiger partial charge in [0.2, 0.25) is 0 Å². The van der Waals surface area contributed by atoms with Gasteiger partial charge in [0, 0.05) is 38.0 Å². The van der Waals surface area contributed by atoms with Gasteiger partial charge in [0.15, 0.2) is 23.0 Å². The summed E-state index contributed by atoms with van der Waals surface area (Å²) in [6.45, 7) is 6.06. The molecule has 0 aliphatic carbocycles. The fourth-order valence-corrected chi connectivity index (χ4v) is 7.15. The van der Waals surface area contributed by atoms with Crippen molar-refractivity contribution < 1.29 is 33.3 Å². The molecule has 0 aliphatic heterocycles. The van der Waals surface area contributed by atoms with Crippen molar-refractivity contribution in [2.24, 2.45) is 5.92 Å². The Kier molecular flexibility index (Phi) is 19.0. The molecule has 5 rings (SSSR count). The number of amides is 2. The summed E-state index contributed by atoms with van der Waals surface area (Å²) in [4.78, 5) is 33.7. The van der Waals surface area contributed by atoms with Crippen LogP contribution in [-0.4, -0.2) is 102 Å². The van der Waals surface area contributed by atoms with Crippen LogP contribution in [0.4, 0.5) is 11.5 Å².